The highest BCUT2D eigenvalue weighted by Gasteiger charge is 2.34. The van der Waals surface area contributed by atoms with Crippen molar-refractivity contribution in [2.75, 3.05) is 13.2 Å². The summed E-state index contributed by atoms with van der Waals surface area (Å²) in [6, 6.07) is 1.58. The van der Waals surface area contributed by atoms with Crippen molar-refractivity contribution >= 4 is 15.4 Å². The molecule has 6 nitrogen and oxygen atoms in total. The summed E-state index contributed by atoms with van der Waals surface area (Å²) >= 11 is 0. The molecule has 0 amide bonds. The number of hydrogen-bond acceptors (Lipinski definition) is 5. The zero-order valence-electron chi connectivity index (χ0n) is 14.6. The highest BCUT2D eigenvalue weighted by molar-refractivity contribution is 7.92. The van der Waals surface area contributed by atoms with Crippen LogP contribution in [-0.2, 0) is 9.84 Å². The Labute approximate surface area is 138 Å². The minimum atomic E-state index is -3.57. The minimum Gasteiger partial charge on any atom is -0.488 e. The van der Waals surface area contributed by atoms with Gasteiger partial charge < -0.3 is 9.84 Å². The van der Waals surface area contributed by atoms with E-state index in [1.54, 1.807) is 37.5 Å². The van der Waals surface area contributed by atoms with Gasteiger partial charge in [0.1, 0.15) is 11.5 Å². The molecule has 0 radical (unpaired) electrons. The smallest absolute Gasteiger partial charge is 0.187 e. The van der Waals surface area contributed by atoms with Gasteiger partial charge in [0.05, 0.1) is 29.3 Å². The van der Waals surface area contributed by atoms with Crippen LogP contribution in [0.25, 0.3) is 5.52 Å². The molecular weight excluding hydrogens is 316 g/mol. The second-order valence-corrected chi connectivity index (χ2v) is 8.52. The van der Waals surface area contributed by atoms with Crippen LogP contribution in [0.15, 0.2) is 23.4 Å². The number of fused-ring (bicyclic) bond motifs is 1. The summed E-state index contributed by atoms with van der Waals surface area (Å²) in [5.41, 5.74) is 1.60. The molecule has 1 N–H and O–H groups in total. The molecule has 23 heavy (non-hydrogen) atoms. The van der Waals surface area contributed by atoms with Crippen LogP contribution in [0.2, 0.25) is 0 Å². The van der Waals surface area contributed by atoms with Gasteiger partial charge in [-0.2, -0.15) is 5.10 Å². The fraction of sp³-hybridized carbons (Fsp3) is 0.562. The quantitative estimate of drug-likeness (QED) is 0.924. The molecule has 0 fully saturated rings. The summed E-state index contributed by atoms with van der Waals surface area (Å²) < 4.78 is 31.5. The van der Waals surface area contributed by atoms with Gasteiger partial charge in [-0.3, -0.25) is 0 Å². The zero-order valence-corrected chi connectivity index (χ0v) is 15.4. The molecule has 2 rings (SSSR count). The second-order valence-electron chi connectivity index (χ2n) is 5.85. The number of ether oxygens (including phenoxy) is 1. The van der Waals surface area contributed by atoms with Gasteiger partial charge in [-0.05, 0) is 39.3 Å². The molecule has 2 aromatic heterocycles. The first-order valence-corrected chi connectivity index (χ1v) is 9.13. The van der Waals surface area contributed by atoms with E-state index in [0.29, 0.717) is 5.52 Å². The Kier molecular flexibility index (Phi) is 6.18. The largest absolute Gasteiger partial charge is 0.488 e. The predicted molar refractivity (Wildman–Crippen MR) is 90.8 cm³/mol. The van der Waals surface area contributed by atoms with Crippen LogP contribution in [0, 0.1) is 6.92 Å². The highest BCUT2D eigenvalue weighted by atomic mass is 32.2. The molecule has 0 aliphatic rings. The average molecular weight is 342 g/mol. The van der Waals surface area contributed by atoms with E-state index in [2.05, 4.69) is 5.10 Å². The van der Waals surface area contributed by atoms with Crippen LogP contribution in [0.3, 0.4) is 0 Å². The first-order chi connectivity index (χ1) is 10.7. The summed E-state index contributed by atoms with van der Waals surface area (Å²) in [7, 11) is -3.57. The number of nitrogens with zero attached hydrogens (tertiary/aromatic N) is 2. The number of aliphatic hydroxyl groups excluding tert-OH is 1. The summed E-state index contributed by atoms with van der Waals surface area (Å²) in [6.45, 7) is 10.6. The molecule has 2 aromatic rings. The van der Waals surface area contributed by atoms with Crippen LogP contribution >= 0.6 is 0 Å². The molecule has 0 saturated heterocycles. The summed E-state index contributed by atoms with van der Waals surface area (Å²) in [6.07, 6.45) is 3.20. The van der Waals surface area contributed by atoms with Crippen molar-refractivity contribution in [1.29, 1.82) is 0 Å². The number of aromatic nitrogens is 2. The molecule has 0 saturated carbocycles. The van der Waals surface area contributed by atoms with Crippen molar-refractivity contribution in [1.82, 2.24) is 9.61 Å². The van der Waals surface area contributed by atoms with Crippen molar-refractivity contribution in [3.8, 4) is 5.75 Å². The van der Waals surface area contributed by atoms with Crippen molar-refractivity contribution in [2.45, 2.75) is 51.2 Å². The number of pyridine rings is 1. The third-order valence-corrected chi connectivity index (χ3v) is 5.73. The Morgan fingerprint density at radius 3 is 2.43 bits per heavy atom. The summed E-state index contributed by atoms with van der Waals surface area (Å²) in [5, 5.41) is 13.1. The molecule has 0 unspecified atom stereocenters. The van der Waals surface area contributed by atoms with E-state index in [1.165, 1.54) is 6.20 Å². The maximum atomic E-state index is 12.7. The molecule has 0 spiro atoms. The Bertz CT molecular complexity index is 758. The van der Waals surface area contributed by atoms with E-state index in [9.17, 15) is 8.42 Å². The van der Waals surface area contributed by atoms with Gasteiger partial charge in [0.25, 0.3) is 0 Å². The Balaban J connectivity index is 0.00000127. The topological polar surface area (TPSA) is 80.9 Å². The number of aliphatic hydroxyl groups is 1. The maximum absolute atomic E-state index is 12.7. The zero-order chi connectivity index (χ0) is 17.8. The van der Waals surface area contributed by atoms with Crippen molar-refractivity contribution in [2.24, 2.45) is 0 Å². The first kappa shape index (κ1) is 19.4. The van der Waals surface area contributed by atoms with Gasteiger partial charge in [-0.15, -0.1) is 0 Å². The molecule has 0 aliphatic heterocycles. The average Bonchev–Trinajstić information content (AvgIpc) is 2.85. The standard InChI is InChI=1S/C14H20N2O4S.C2H6/c1-10-8-15-16-9-12(20-6-5-17)13(7-11(10)16)21(18,19)14(2,3)4;1-2/h7-9,17H,5-6H2,1-4H3;1-2H3. The van der Waals surface area contributed by atoms with E-state index in [1.807, 2.05) is 20.8 Å². The van der Waals surface area contributed by atoms with E-state index < -0.39 is 14.6 Å². The lowest BCUT2D eigenvalue weighted by Crippen LogP contribution is -2.28. The lowest BCUT2D eigenvalue weighted by Gasteiger charge is -2.21. The molecule has 130 valence electrons. The van der Waals surface area contributed by atoms with Crippen LogP contribution < -0.4 is 4.74 Å². The van der Waals surface area contributed by atoms with Crippen molar-refractivity contribution < 1.29 is 18.3 Å². The van der Waals surface area contributed by atoms with Crippen LogP contribution in [0.4, 0.5) is 0 Å². The molecular formula is C16H26N2O4S. The maximum Gasteiger partial charge on any atom is 0.187 e. The third-order valence-electron chi connectivity index (χ3n) is 3.22. The van der Waals surface area contributed by atoms with Crippen LogP contribution in [0.1, 0.15) is 40.2 Å². The molecule has 7 heteroatoms. The molecule has 0 aromatic carbocycles. The van der Waals surface area contributed by atoms with Gasteiger partial charge in [-0.25, -0.2) is 12.9 Å². The van der Waals surface area contributed by atoms with E-state index in [4.69, 9.17) is 9.84 Å². The van der Waals surface area contributed by atoms with Gasteiger partial charge in [0.15, 0.2) is 15.6 Å². The number of sulfone groups is 1. The van der Waals surface area contributed by atoms with E-state index >= 15 is 0 Å². The fourth-order valence-electron chi connectivity index (χ4n) is 1.91. The van der Waals surface area contributed by atoms with Gasteiger partial charge >= 0.3 is 0 Å². The van der Waals surface area contributed by atoms with Gasteiger partial charge in [0, 0.05) is 0 Å². The Hall–Kier alpha value is -1.60. The lowest BCUT2D eigenvalue weighted by atomic mass is 10.3. The Morgan fingerprint density at radius 1 is 1.30 bits per heavy atom. The Morgan fingerprint density at radius 2 is 1.91 bits per heavy atom. The number of aryl methyl sites for hydroxylation is 1. The van der Waals surface area contributed by atoms with Crippen LogP contribution in [-0.4, -0.2) is 41.1 Å². The SMILES string of the molecule is CC.Cc1cnn2cc(OCCO)c(S(=O)(=O)C(C)(C)C)cc12. The van der Waals surface area contributed by atoms with E-state index in [-0.39, 0.29) is 23.9 Å². The highest BCUT2D eigenvalue weighted by Crippen LogP contribution is 2.33. The van der Waals surface area contributed by atoms with Crippen molar-refractivity contribution in [3.63, 3.8) is 0 Å². The van der Waals surface area contributed by atoms with E-state index in [0.717, 1.165) is 5.56 Å². The third kappa shape index (κ3) is 3.84. The number of rotatable bonds is 4. The first-order valence-electron chi connectivity index (χ1n) is 7.65. The monoisotopic (exact) mass is 342 g/mol. The van der Waals surface area contributed by atoms with Crippen molar-refractivity contribution in [3.05, 3.63) is 24.0 Å². The van der Waals surface area contributed by atoms with Gasteiger partial charge in [0.2, 0.25) is 0 Å². The second kappa shape index (κ2) is 7.31. The molecule has 2 heterocycles. The minimum absolute atomic E-state index is 0.0262. The normalized spacial score (nSPS) is 12.0. The van der Waals surface area contributed by atoms with Gasteiger partial charge in [-0.1, -0.05) is 13.8 Å². The summed E-state index contributed by atoms with van der Waals surface area (Å²) in [5.74, 6) is 0.203. The summed E-state index contributed by atoms with van der Waals surface area (Å²) in [4.78, 5) is 0.125. The predicted octanol–water partition coefficient (Wildman–Crippen LogP) is 2.61. The molecule has 0 bridgehead atoms. The molecule has 0 aliphatic carbocycles. The molecule has 0 atom stereocenters. The fourth-order valence-corrected chi connectivity index (χ4v) is 3.22. The lowest BCUT2D eigenvalue weighted by molar-refractivity contribution is 0.197. The van der Waals surface area contributed by atoms with Crippen LogP contribution in [0.5, 0.6) is 5.75 Å². The number of hydrogen-bond donors (Lipinski definition) is 1.